The van der Waals surface area contributed by atoms with Crippen LogP contribution in [0.2, 0.25) is 10.0 Å². The Kier molecular flexibility index (Phi) is 4.95. The first-order valence-corrected chi connectivity index (χ1v) is 8.32. The number of sulfonamides is 1. The van der Waals surface area contributed by atoms with Crippen molar-refractivity contribution in [3.8, 4) is 0 Å². The summed E-state index contributed by atoms with van der Waals surface area (Å²) in [4.78, 5) is 11.3. The largest absolute Gasteiger partial charge is 0.368 e. The highest BCUT2D eigenvalue weighted by Crippen LogP contribution is 2.25. The van der Waals surface area contributed by atoms with Gasteiger partial charge < -0.3 is 5.73 Å². The normalized spacial score (nSPS) is 11.2. The number of hydrogen-bond acceptors (Lipinski definition) is 3. The van der Waals surface area contributed by atoms with Crippen molar-refractivity contribution < 1.29 is 13.2 Å². The van der Waals surface area contributed by atoms with Crippen molar-refractivity contribution in [2.24, 2.45) is 5.73 Å². The standard InChI is InChI=1S/C14H12Cl2N2O3S/c15-10-1-5-12(6-2-10)18(9-14(17)19)22(20,21)13-7-3-11(16)4-8-13/h1-8H,9H2,(H2,17,19). The van der Waals surface area contributed by atoms with Gasteiger partial charge >= 0.3 is 0 Å². The zero-order valence-corrected chi connectivity index (χ0v) is 13.6. The maximum Gasteiger partial charge on any atom is 0.264 e. The number of primary amides is 1. The average molecular weight is 359 g/mol. The Morgan fingerprint density at radius 1 is 0.955 bits per heavy atom. The van der Waals surface area contributed by atoms with Gasteiger partial charge in [-0.05, 0) is 48.5 Å². The van der Waals surface area contributed by atoms with E-state index in [1.54, 1.807) is 0 Å². The first kappa shape index (κ1) is 16.6. The molecule has 0 fully saturated rings. The molecular formula is C14H12Cl2N2O3S. The third-order valence-electron chi connectivity index (χ3n) is 2.82. The van der Waals surface area contributed by atoms with Gasteiger partial charge in [0.15, 0.2) is 0 Å². The van der Waals surface area contributed by atoms with Gasteiger partial charge in [0.05, 0.1) is 10.6 Å². The average Bonchev–Trinajstić information content (AvgIpc) is 2.46. The van der Waals surface area contributed by atoms with Crippen LogP contribution in [0.5, 0.6) is 0 Å². The fourth-order valence-electron chi connectivity index (χ4n) is 1.80. The summed E-state index contributed by atoms with van der Waals surface area (Å²) in [5, 5.41) is 0.860. The van der Waals surface area contributed by atoms with E-state index in [2.05, 4.69) is 0 Å². The Labute approximate surface area is 138 Å². The summed E-state index contributed by atoms with van der Waals surface area (Å²) in [5.74, 6) is -0.771. The van der Waals surface area contributed by atoms with E-state index in [1.807, 2.05) is 0 Å². The molecule has 5 nitrogen and oxygen atoms in total. The van der Waals surface area contributed by atoms with Crippen LogP contribution in [-0.2, 0) is 14.8 Å². The number of nitrogens with two attached hydrogens (primary N) is 1. The van der Waals surface area contributed by atoms with Crippen molar-refractivity contribution in [3.63, 3.8) is 0 Å². The van der Waals surface area contributed by atoms with Gasteiger partial charge in [-0.15, -0.1) is 0 Å². The molecular weight excluding hydrogens is 347 g/mol. The maximum atomic E-state index is 12.7. The van der Waals surface area contributed by atoms with E-state index in [-0.39, 0.29) is 10.6 Å². The third kappa shape index (κ3) is 3.71. The Bertz CT molecular complexity index is 775. The number of anilines is 1. The van der Waals surface area contributed by atoms with Crippen LogP contribution in [0.1, 0.15) is 0 Å². The Morgan fingerprint density at radius 3 is 1.86 bits per heavy atom. The molecule has 0 aliphatic carbocycles. The second kappa shape index (κ2) is 6.56. The molecule has 0 radical (unpaired) electrons. The minimum absolute atomic E-state index is 0.00750. The van der Waals surface area contributed by atoms with Crippen molar-refractivity contribution in [2.45, 2.75) is 4.90 Å². The summed E-state index contributed by atoms with van der Waals surface area (Å²) < 4.78 is 26.3. The Balaban J connectivity index is 2.50. The molecule has 0 saturated heterocycles. The highest BCUT2D eigenvalue weighted by molar-refractivity contribution is 7.92. The highest BCUT2D eigenvalue weighted by Gasteiger charge is 2.26. The number of nitrogens with zero attached hydrogens (tertiary/aromatic N) is 1. The molecule has 0 aromatic heterocycles. The predicted molar refractivity (Wildman–Crippen MR) is 86.6 cm³/mol. The molecule has 116 valence electrons. The number of amides is 1. The summed E-state index contributed by atoms with van der Waals surface area (Å²) in [6, 6.07) is 11.7. The van der Waals surface area contributed by atoms with E-state index < -0.39 is 22.5 Å². The predicted octanol–water partition coefficient (Wildman–Crippen LogP) is 2.67. The SMILES string of the molecule is NC(=O)CN(c1ccc(Cl)cc1)S(=O)(=O)c1ccc(Cl)cc1. The van der Waals surface area contributed by atoms with Crippen molar-refractivity contribution in [2.75, 3.05) is 10.8 Å². The number of halogens is 2. The van der Waals surface area contributed by atoms with Crippen LogP contribution in [0.15, 0.2) is 53.4 Å². The van der Waals surface area contributed by atoms with Gasteiger partial charge in [-0.3, -0.25) is 9.10 Å². The van der Waals surface area contributed by atoms with Crippen LogP contribution in [0.3, 0.4) is 0 Å². The maximum absolute atomic E-state index is 12.7. The fourth-order valence-corrected chi connectivity index (χ4v) is 3.48. The zero-order chi connectivity index (χ0) is 16.3. The summed E-state index contributed by atoms with van der Waals surface area (Å²) >= 11 is 11.6. The van der Waals surface area contributed by atoms with Gasteiger partial charge in [-0.2, -0.15) is 0 Å². The van der Waals surface area contributed by atoms with Gasteiger partial charge in [0.1, 0.15) is 6.54 Å². The third-order valence-corrected chi connectivity index (χ3v) is 5.11. The van der Waals surface area contributed by atoms with E-state index in [1.165, 1.54) is 48.5 Å². The molecule has 0 atom stereocenters. The lowest BCUT2D eigenvalue weighted by Gasteiger charge is -2.23. The molecule has 0 aliphatic heterocycles. The van der Waals surface area contributed by atoms with E-state index in [9.17, 15) is 13.2 Å². The van der Waals surface area contributed by atoms with E-state index in [0.29, 0.717) is 10.0 Å². The van der Waals surface area contributed by atoms with Gasteiger partial charge in [-0.1, -0.05) is 23.2 Å². The molecule has 0 unspecified atom stereocenters. The number of carbonyl (C=O) groups excluding carboxylic acids is 1. The second-order valence-corrected chi connectivity index (χ2v) is 7.14. The van der Waals surface area contributed by atoms with Crippen LogP contribution in [0.4, 0.5) is 5.69 Å². The van der Waals surface area contributed by atoms with E-state index in [4.69, 9.17) is 28.9 Å². The molecule has 2 rings (SSSR count). The van der Waals surface area contributed by atoms with Gasteiger partial charge in [0.25, 0.3) is 10.0 Å². The van der Waals surface area contributed by atoms with Crippen LogP contribution >= 0.6 is 23.2 Å². The molecule has 0 saturated carbocycles. The van der Waals surface area contributed by atoms with Crippen LogP contribution in [0.25, 0.3) is 0 Å². The highest BCUT2D eigenvalue weighted by atomic mass is 35.5. The molecule has 0 bridgehead atoms. The van der Waals surface area contributed by atoms with Gasteiger partial charge in [-0.25, -0.2) is 8.42 Å². The fraction of sp³-hybridized carbons (Fsp3) is 0.0714. The summed E-state index contributed by atoms with van der Waals surface area (Å²) in [7, 11) is -3.95. The van der Waals surface area contributed by atoms with Gasteiger partial charge in [0.2, 0.25) is 5.91 Å². The van der Waals surface area contributed by atoms with Crippen molar-refractivity contribution >= 4 is 44.8 Å². The smallest absolute Gasteiger partial charge is 0.264 e. The Morgan fingerprint density at radius 2 is 1.41 bits per heavy atom. The van der Waals surface area contributed by atoms with Crippen molar-refractivity contribution in [3.05, 3.63) is 58.6 Å². The monoisotopic (exact) mass is 358 g/mol. The topological polar surface area (TPSA) is 80.5 Å². The molecule has 0 spiro atoms. The zero-order valence-electron chi connectivity index (χ0n) is 11.2. The van der Waals surface area contributed by atoms with E-state index >= 15 is 0 Å². The van der Waals surface area contributed by atoms with Crippen LogP contribution in [0, 0.1) is 0 Å². The number of benzene rings is 2. The summed E-state index contributed by atoms with van der Waals surface area (Å²) in [5.41, 5.74) is 5.46. The van der Waals surface area contributed by atoms with Crippen molar-refractivity contribution in [1.82, 2.24) is 0 Å². The molecule has 0 aliphatic rings. The number of hydrogen-bond donors (Lipinski definition) is 1. The van der Waals surface area contributed by atoms with Crippen LogP contribution in [-0.4, -0.2) is 20.9 Å². The van der Waals surface area contributed by atoms with E-state index in [0.717, 1.165) is 4.31 Å². The Hall–Kier alpha value is -1.76. The van der Waals surface area contributed by atoms with Crippen LogP contribution < -0.4 is 10.0 Å². The molecule has 1 amide bonds. The molecule has 22 heavy (non-hydrogen) atoms. The number of carbonyl (C=O) groups is 1. The first-order chi connectivity index (χ1) is 10.3. The molecule has 0 heterocycles. The number of rotatable bonds is 5. The van der Waals surface area contributed by atoms with Crippen molar-refractivity contribution in [1.29, 1.82) is 0 Å². The summed E-state index contributed by atoms with van der Waals surface area (Å²) in [6.07, 6.45) is 0. The van der Waals surface area contributed by atoms with Gasteiger partial charge in [0, 0.05) is 10.0 Å². The first-order valence-electron chi connectivity index (χ1n) is 6.13. The quantitative estimate of drug-likeness (QED) is 0.891. The summed E-state index contributed by atoms with van der Waals surface area (Å²) in [6.45, 7) is -0.480. The molecule has 2 N–H and O–H groups in total. The minimum Gasteiger partial charge on any atom is -0.368 e. The lowest BCUT2D eigenvalue weighted by atomic mass is 10.3. The lowest BCUT2D eigenvalue weighted by Crippen LogP contribution is -2.38. The minimum atomic E-state index is -3.95. The molecule has 2 aromatic rings. The molecule has 2 aromatic carbocycles. The second-order valence-electron chi connectivity index (χ2n) is 4.41. The molecule has 8 heteroatoms. The lowest BCUT2D eigenvalue weighted by molar-refractivity contribution is -0.116.